The Balaban J connectivity index is 3.02. The Kier molecular flexibility index (Phi) is 7.83. The predicted octanol–water partition coefficient (Wildman–Crippen LogP) is -0.607. The highest BCUT2D eigenvalue weighted by Gasteiger charge is 2.00. The van der Waals surface area contributed by atoms with Gasteiger partial charge in [-0.15, -0.1) is 0 Å². The predicted molar refractivity (Wildman–Crippen MR) is 40.4 cm³/mol. The second-order valence-electron chi connectivity index (χ2n) is 2.20. The Morgan fingerprint density at radius 2 is 1.82 bits per heavy atom. The van der Waals surface area contributed by atoms with Gasteiger partial charge in [0.2, 0.25) is 0 Å². The van der Waals surface area contributed by atoms with Crippen molar-refractivity contribution in [1.82, 2.24) is 0 Å². The molecule has 0 heterocycles. The molecule has 0 saturated heterocycles. The molecular formula is C7H16O4. The van der Waals surface area contributed by atoms with Gasteiger partial charge >= 0.3 is 0 Å². The second kappa shape index (κ2) is 7.94. The summed E-state index contributed by atoms with van der Waals surface area (Å²) in [6.45, 7) is 3.06. The molecular weight excluding hydrogens is 148 g/mol. The first-order valence-electron chi connectivity index (χ1n) is 3.72. The fraction of sp³-hybridized carbons (Fsp3) is 1.00. The molecule has 68 valence electrons. The van der Waals surface area contributed by atoms with E-state index in [4.69, 9.17) is 19.7 Å². The van der Waals surface area contributed by atoms with Gasteiger partial charge < -0.3 is 19.7 Å². The summed E-state index contributed by atoms with van der Waals surface area (Å²) in [6.07, 6.45) is -0.0197. The first-order chi connectivity index (χ1) is 5.31. The number of aliphatic hydroxyl groups excluding tert-OH is 2. The summed E-state index contributed by atoms with van der Waals surface area (Å²) < 4.78 is 10.1. The zero-order valence-electron chi connectivity index (χ0n) is 6.82. The summed E-state index contributed by atoms with van der Waals surface area (Å²) in [5.41, 5.74) is 0. The normalized spacial score (nSPS) is 13.4. The van der Waals surface area contributed by atoms with Crippen molar-refractivity contribution in [3.63, 3.8) is 0 Å². The van der Waals surface area contributed by atoms with Crippen LogP contribution >= 0.6 is 0 Å². The quantitative estimate of drug-likeness (QED) is 0.493. The van der Waals surface area contributed by atoms with Crippen LogP contribution in [0.5, 0.6) is 0 Å². The van der Waals surface area contributed by atoms with Crippen LogP contribution in [0.1, 0.15) is 6.92 Å². The Morgan fingerprint density at radius 1 is 1.18 bits per heavy atom. The summed E-state index contributed by atoms with van der Waals surface area (Å²) in [5, 5.41) is 16.7. The topological polar surface area (TPSA) is 58.9 Å². The first-order valence-corrected chi connectivity index (χ1v) is 3.72. The Hall–Kier alpha value is -0.160. The molecule has 0 saturated carbocycles. The summed E-state index contributed by atoms with van der Waals surface area (Å²) >= 11 is 0. The molecule has 0 rings (SSSR count). The van der Waals surface area contributed by atoms with Crippen LogP contribution in [-0.4, -0.2) is 49.4 Å². The molecule has 2 N–H and O–H groups in total. The SMILES string of the molecule is C[C@@H](COCCO)OCCO. The van der Waals surface area contributed by atoms with Crippen LogP contribution in [0.2, 0.25) is 0 Å². The van der Waals surface area contributed by atoms with Gasteiger partial charge in [-0.1, -0.05) is 0 Å². The van der Waals surface area contributed by atoms with E-state index < -0.39 is 0 Å². The molecule has 0 spiro atoms. The van der Waals surface area contributed by atoms with E-state index in [0.29, 0.717) is 19.8 Å². The summed E-state index contributed by atoms with van der Waals surface area (Å²) in [5.74, 6) is 0. The number of ether oxygens (including phenoxy) is 2. The molecule has 0 amide bonds. The highest BCUT2D eigenvalue weighted by molar-refractivity contribution is 4.46. The Morgan fingerprint density at radius 3 is 2.36 bits per heavy atom. The zero-order chi connectivity index (χ0) is 8.53. The van der Waals surface area contributed by atoms with Crippen LogP contribution in [0.15, 0.2) is 0 Å². The van der Waals surface area contributed by atoms with E-state index in [2.05, 4.69) is 0 Å². The number of rotatable bonds is 7. The average molecular weight is 164 g/mol. The van der Waals surface area contributed by atoms with E-state index in [1.54, 1.807) is 0 Å². The van der Waals surface area contributed by atoms with E-state index in [0.717, 1.165) is 0 Å². The lowest BCUT2D eigenvalue weighted by atomic mass is 10.4. The smallest absolute Gasteiger partial charge is 0.0781 e. The fourth-order valence-electron chi connectivity index (χ4n) is 0.616. The van der Waals surface area contributed by atoms with Crippen LogP contribution in [0.25, 0.3) is 0 Å². The third kappa shape index (κ3) is 7.74. The molecule has 0 aliphatic rings. The second-order valence-corrected chi connectivity index (χ2v) is 2.20. The van der Waals surface area contributed by atoms with Gasteiger partial charge in [-0.25, -0.2) is 0 Å². The van der Waals surface area contributed by atoms with Crippen molar-refractivity contribution in [3.8, 4) is 0 Å². The maximum absolute atomic E-state index is 8.38. The molecule has 4 heteroatoms. The van der Waals surface area contributed by atoms with Gasteiger partial charge in [-0.3, -0.25) is 0 Å². The van der Waals surface area contributed by atoms with Crippen molar-refractivity contribution in [2.75, 3.05) is 33.0 Å². The van der Waals surface area contributed by atoms with E-state index in [1.165, 1.54) is 0 Å². The van der Waals surface area contributed by atoms with Gasteiger partial charge in [0.05, 0.1) is 39.1 Å². The van der Waals surface area contributed by atoms with E-state index in [9.17, 15) is 0 Å². The van der Waals surface area contributed by atoms with Gasteiger partial charge in [0.25, 0.3) is 0 Å². The fourth-order valence-corrected chi connectivity index (χ4v) is 0.616. The van der Waals surface area contributed by atoms with Gasteiger partial charge in [-0.2, -0.15) is 0 Å². The molecule has 11 heavy (non-hydrogen) atoms. The third-order valence-corrected chi connectivity index (χ3v) is 1.08. The van der Waals surface area contributed by atoms with Crippen molar-refractivity contribution >= 4 is 0 Å². The van der Waals surface area contributed by atoms with Crippen molar-refractivity contribution in [1.29, 1.82) is 0 Å². The van der Waals surface area contributed by atoms with Gasteiger partial charge in [0.1, 0.15) is 0 Å². The Labute approximate surface area is 66.7 Å². The highest BCUT2D eigenvalue weighted by Crippen LogP contribution is 1.90. The van der Waals surface area contributed by atoms with Crippen molar-refractivity contribution in [2.24, 2.45) is 0 Å². The third-order valence-electron chi connectivity index (χ3n) is 1.08. The monoisotopic (exact) mass is 164 g/mol. The van der Waals surface area contributed by atoms with Crippen molar-refractivity contribution in [2.45, 2.75) is 13.0 Å². The molecule has 4 nitrogen and oxygen atoms in total. The largest absolute Gasteiger partial charge is 0.394 e. The van der Waals surface area contributed by atoms with Gasteiger partial charge in [0.15, 0.2) is 0 Å². The molecule has 0 aromatic carbocycles. The summed E-state index contributed by atoms with van der Waals surface area (Å²) in [7, 11) is 0. The Bertz CT molecular complexity index is 76.8. The molecule has 0 fully saturated rings. The molecule has 0 unspecified atom stereocenters. The van der Waals surface area contributed by atoms with Crippen molar-refractivity contribution < 1.29 is 19.7 Å². The zero-order valence-corrected chi connectivity index (χ0v) is 6.82. The lowest BCUT2D eigenvalue weighted by molar-refractivity contribution is -0.0246. The number of hydrogen-bond donors (Lipinski definition) is 2. The molecule has 0 aliphatic heterocycles. The van der Waals surface area contributed by atoms with E-state index >= 15 is 0 Å². The minimum Gasteiger partial charge on any atom is -0.394 e. The standard InChI is InChI=1S/C7H16O4/c1-7(11-5-3-9)6-10-4-2-8/h7-9H,2-6H2,1H3/t7-/m0/s1. The van der Waals surface area contributed by atoms with Crippen LogP contribution in [0.3, 0.4) is 0 Å². The van der Waals surface area contributed by atoms with E-state index in [-0.39, 0.29) is 19.3 Å². The maximum atomic E-state index is 8.38. The summed E-state index contributed by atoms with van der Waals surface area (Å²) in [6, 6.07) is 0. The molecule has 1 atom stereocenters. The minimum atomic E-state index is -0.0197. The van der Waals surface area contributed by atoms with Gasteiger partial charge in [0, 0.05) is 0 Å². The van der Waals surface area contributed by atoms with Crippen LogP contribution in [0.4, 0.5) is 0 Å². The van der Waals surface area contributed by atoms with Crippen LogP contribution < -0.4 is 0 Å². The molecule has 0 radical (unpaired) electrons. The summed E-state index contributed by atoms with van der Waals surface area (Å²) in [4.78, 5) is 0. The van der Waals surface area contributed by atoms with Gasteiger partial charge in [-0.05, 0) is 6.92 Å². The van der Waals surface area contributed by atoms with E-state index in [1.807, 2.05) is 6.92 Å². The molecule has 0 aromatic rings. The lowest BCUT2D eigenvalue weighted by Crippen LogP contribution is -2.18. The maximum Gasteiger partial charge on any atom is 0.0781 e. The van der Waals surface area contributed by atoms with Crippen LogP contribution in [-0.2, 0) is 9.47 Å². The number of hydrogen-bond acceptors (Lipinski definition) is 4. The van der Waals surface area contributed by atoms with Crippen LogP contribution in [0, 0.1) is 0 Å². The number of aliphatic hydroxyl groups is 2. The van der Waals surface area contributed by atoms with Crippen molar-refractivity contribution in [3.05, 3.63) is 0 Å². The molecule has 0 aliphatic carbocycles. The highest BCUT2D eigenvalue weighted by atomic mass is 16.5. The first kappa shape index (κ1) is 10.8. The average Bonchev–Trinajstić information content (AvgIpc) is 2.01. The molecule has 0 bridgehead atoms. The lowest BCUT2D eigenvalue weighted by Gasteiger charge is -2.11. The minimum absolute atomic E-state index is 0.0197. The molecule has 0 aromatic heterocycles.